The first-order valence-corrected chi connectivity index (χ1v) is 10.8. The molecular formula is C19H24N4O3S. The van der Waals surface area contributed by atoms with Gasteiger partial charge < -0.3 is 9.47 Å². The standard InChI is InChI=1S/C19H24N4O3S/c1-22-12-9-20-18(22)17(14-7-8-14)21-27(25,26)16-6-4-5-15(13-16)19(24)23-10-2-3-11-23/h4-6,9,12-14,17,21H,2-3,7-8,10-11H2,1H3/t17-/m1/s1. The highest BCUT2D eigenvalue weighted by atomic mass is 32.2. The number of aromatic nitrogens is 2. The van der Waals surface area contributed by atoms with E-state index < -0.39 is 10.0 Å². The largest absolute Gasteiger partial charge is 0.339 e. The number of imidazole rings is 1. The molecule has 7 nitrogen and oxygen atoms in total. The number of carbonyl (C=O) groups is 1. The van der Waals surface area contributed by atoms with Crippen molar-refractivity contribution in [2.24, 2.45) is 13.0 Å². The van der Waals surface area contributed by atoms with Gasteiger partial charge in [0.25, 0.3) is 5.91 Å². The second-order valence-corrected chi connectivity index (χ2v) is 9.07. The molecule has 27 heavy (non-hydrogen) atoms. The van der Waals surface area contributed by atoms with E-state index in [9.17, 15) is 13.2 Å². The Morgan fingerprint density at radius 2 is 2.00 bits per heavy atom. The summed E-state index contributed by atoms with van der Waals surface area (Å²) in [5, 5.41) is 0. The van der Waals surface area contributed by atoms with Gasteiger partial charge in [0.15, 0.2) is 0 Å². The summed E-state index contributed by atoms with van der Waals surface area (Å²) in [6.07, 6.45) is 7.44. The number of carbonyl (C=O) groups excluding carboxylic acids is 1. The molecule has 0 spiro atoms. The number of nitrogens with one attached hydrogen (secondary N) is 1. The third-order valence-corrected chi connectivity index (χ3v) is 6.74. The Labute approximate surface area is 159 Å². The number of nitrogens with zero attached hydrogens (tertiary/aromatic N) is 3. The number of aryl methyl sites for hydroxylation is 1. The summed E-state index contributed by atoms with van der Waals surface area (Å²) in [5.74, 6) is 0.869. The lowest BCUT2D eigenvalue weighted by molar-refractivity contribution is 0.0792. The Balaban J connectivity index is 1.59. The lowest BCUT2D eigenvalue weighted by Gasteiger charge is -2.19. The molecule has 0 unspecified atom stereocenters. The Morgan fingerprint density at radius 1 is 1.26 bits per heavy atom. The molecule has 1 aromatic carbocycles. The van der Waals surface area contributed by atoms with Crippen molar-refractivity contribution in [1.82, 2.24) is 19.2 Å². The molecule has 8 heteroatoms. The van der Waals surface area contributed by atoms with Gasteiger partial charge >= 0.3 is 0 Å². The lowest BCUT2D eigenvalue weighted by atomic mass is 10.2. The van der Waals surface area contributed by atoms with Crippen molar-refractivity contribution in [2.75, 3.05) is 13.1 Å². The molecule has 2 aromatic rings. The summed E-state index contributed by atoms with van der Waals surface area (Å²) >= 11 is 0. The highest BCUT2D eigenvalue weighted by Gasteiger charge is 2.37. The zero-order chi connectivity index (χ0) is 19.0. The van der Waals surface area contributed by atoms with E-state index in [1.165, 1.54) is 12.1 Å². The summed E-state index contributed by atoms with van der Waals surface area (Å²) in [7, 11) is -1.90. The topological polar surface area (TPSA) is 84.3 Å². The molecule has 0 bridgehead atoms. The van der Waals surface area contributed by atoms with Crippen LogP contribution in [-0.2, 0) is 17.1 Å². The molecule has 2 fully saturated rings. The Morgan fingerprint density at radius 3 is 2.63 bits per heavy atom. The highest BCUT2D eigenvalue weighted by molar-refractivity contribution is 7.89. The van der Waals surface area contributed by atoms with Crippen LogP contribution in [0.3, 0.4) is 0 Å². The molecule has 1 aliphatic carbocycles. The van der Waals surface area contributed by atoms with Crippen LogP contribution < -0.4 is 4.72 Å². The molecule has 1 amide bonds. The highest BCUT2D eigenvalue weighted by Crippen LogP contribution is 2.41. The molecule has 0 radical (unpaired) electrons. The first-order chi connectivity index (χ1) is 13.0. The number of benzene rings is 1. The summed E-state index contributed by atoms with van der Waals surface area (Å²) in [6.45, 7) is 1.47. The van der Waals surface area contributed by atoms with Gasteiger partial charge in [-0.3, -0.25) is 4.79 Å². The van der Waals surface area contributed by atoms with E-state index in [2.05, 4.69) is 9.71 Å². The smallest absolute Gasteiger partial charge is 0.253 e. The zero-order valence-corrected chi connectivity index (χ0v) is 16.2. The molecule has 1 aromatic heterocycles. The Kier molecular flexibility index (Phi) is 4.77. The van der Waals surface area contributed by atoms with E-state index in [0.29, 0.717) is 11.4 Å². The van der Waals surface area contributed by atoms with Crippen LogP contribution in [-0.4, -0.2) is 41.9 Å². The summed E-state index contributed by atoms with van der Waals surface area (Å²) in [6, 6.07) is 5.96. The van der Waals surface area contributed by atoms with Crippen molar-refractivity contribution in [3.63, 3.8) is 0 Å². The van der Waals surface area contributed by atoms with E-state index in [0.717, 1.165) is 38.8 Å². The SMILES string of the molecule is Cn1ccnc1[C@H](NS(=O)(=O)c1cccc(C(=O)N2CCCC2)c1)C1CC1. The van der Waals surface area contributed by atoms with Crippen molar-refractivity contribution in [2.45, 2.75) is 36.6 Å². The molecular weight excluding hydrogens is 364 g/mol. The minimum atomic E-state index is -3.76. The third-order valence-electron chi connectivity index (χ3n) is 5.30. The van der Waals surface area contributed by atoms with Crippen molar-refractivity contribution in [1.29, 1.82) is 0 Å². The number of rotatable bonds is 6. The van der Waals surface area contributed by atoms with E-state index in [1.54, 1.807) is 23.2 Å². The zero-order valence-electron chi connectivity index (χ0n) is 15.3. The minimum absolute atomic E-state index is 0.104. The monoisotopic (exact) mass is 388 g/mol. The van der Waals surface area contributed by atoms with Gasteiger partial charge in [0.1, 0.15) is 5.82 Å². The molecule has 4 rings (SSSR count). The van der Waals surface area contributed by atoms with E-state index in [1.807, 2.05) is 17.8 Å². The average Bonchev–Trinajstić information content (AvgIpc) is 3.18. The molecule has 2 aliphatic rings. The quantitative estimate of drug-likeness (QED) is 0.821. The van der Waals surface area contributed by atoms with Gasteiger partial charge in [-0.1, -0.05) is 6.07 Å². The Bertz CT molecular complexity index is 943. The van der Waals surface area contributed by atoms with Crippen molar-refractivity contribution < 1.29 is 13.2 Å². The molecule has 1 atom stereocenters. The molecule has 144 valence electrons. The molecule has 1 saturated heterocycles. The van der Waals surface area contributed by atoms with Crippen LogP contribution in [0.1, 0.15) is 47.9 Å². The van der Waals surface area contributed by atoms with Crippen LogP contribution in [0.25, 0.3) is 0 Å². The van der Waals surface area contributed by atoms with Crippen molar-refractivity contribution in [3.8, 4) is 0 Å². The van der Waals surface area contributed by atoms with Crippen LogP contribution in [0.5, 0.6) is 0 Å². The molecule has 2 heterocycles. The number of likely N-dealkylation sites (tertiary alicyclic amines) is 1. The van der Waals surface area contributed by atoms with Gasteiger partial charge in [0.05, 0.1) is 10.9 Å². The fraction of sp³-hybridized carbons (Fsp3) is 0.474. The second kappa shape index (κ2) is 7.09. The van der Waals surface area contributed by atoms with E-state index >= 15 is 0 Å². The van der Waals surface area contributed by atoms with Gasteiger partial charge in [0, 0.05) is 38.1 Å². The van der Waals surface area contributed by atoms with Gasteiger partial charge in [-0.05, 0) is 49.8 Å². The molecule has 1 aliphatic heterocycles. The van der Waals surface area contributed by atoms with Crippen LogP contribution in [0, 0.1) is 5.92 Å². The van der Waals surface area contributed by atoms with E-state index in [4.69, 9.17) is 0 Å². The normalized spacial score (nSPS) is 18.6. The van der Waals surface area contributed by atoms with Gasteiger partial charge in [-0.25, -0.2) is 18.1 Å². The predicted octanol–water partition coefficient (Wildman–Crippen LogP) is 2.09. The third kappa shape index (κ3) is 3.77. The fourth-order valence-electron chi connectivity index (χ4n) is 3.60. The maximum absolute atomic E-state index is 13.0. The van der Waals surface area contributed by atoms with Gasteiger partial charge in [-0.2, -0.15) is 0 Å². The summed E-state index contributed by atoms with van der Waals surface area (Å²) in [5.41, 5.74) is 0.416. The first-order valence-electron chi connectivity index (χ1n) is 9.34. The summed E-state index contributed by atoms with van der Waals surface area (Å²) in [4.78, 5) is 18.8. The Hall–Kier alpha value is -2.19. The van der Waals surface area contributed by atoms with Crippen LogP contribution in [0.2, 0.25) is 0 Å². The molecule has 1 saturated carbocycles. The molecule has 1 N–H and O–H groups in total. The van der Waals surface area contributed by atoms with Crippen LogP contribution in [0.15, 0.2) is 41.6 Å². The van der Waals surface area contributed by atoms with Crippen LogP contribution >= 0.6 is 0 Å². The minimum Gasteiger partial charge on any atom is -0.339 e. The maximum Gasteiger partial charge on any atom is 0.253 e. The van der Waals surface area contributed by atoms with Gasteiger partial charge in [-0.15, -0.1) is 0 Å². The second-order valence-electron chi connectivity index (χ2n) is 7.36. The summed E-state index contributed by atoms with van der Waals surface area (Å²) < 4.78 is 30.7. The maximum atomic E-state index is 13.0. The van der Waals surface area contributed by atoms with Gasteiger partial charge in [0.2, 0.25) is 10.0 Å². The number of hydrogen-bond acceptors (Lipinski definition) is 4. The number of amides is 1. The average molecular weight is 388 g/mol. The predicted molar refractivity (Wildman–Crippen MR) is 101 cm³/mol. The fourth-order valence-corrected chi connectivity index (χ4v) is 4.91. The first kappa shape index (κ1) is 18.2. The number of hydrogen-bond donors (Lipinski definition) is 1. The van der Waals surface area contributed by atoms with Crippen LogP contribution in [0.4, 0.5) is 0 Å². The van der Waals surface area contributed by atoms with E-state index in [-0.39, 0.29) is 22.8 Å². The number of sulfonamides is 1. The van der Waals surface area contributed by atoms with Crippen molar-refractivity contribution >= 4 is 15.9 Å². The lowest BCUT2D eigenvalue weighted by Crippen LogP contribution is -2.32. The van der Waals surface area contributed by atoms with Crippen molar-refractivity contribution in [3.05, 3.63) is 48.0 Å².